The van der Waals surface area contributed by atoms with Crippen LogP contribution in [0.25, 0.3) is 0 Å². The Morgan fingerprint density at radius 1 is 0.867 bits per heavy atom. The normalized spacial score (nSPS) is 17.1. The predicted molar refractivity (Wildman–Crippen MR) is 119 cm³/mol. The SMILES string of the molecule is CC(C)c1ccc(S(=O)(=O)N2CCN([C@@H](C(=O)N(C)C)c3ccccc3)CC2)cc1. The smallest absolute Gasteiger partial charge is 0.244 e. The lowest BCUT2D eigenvalue weighted by molar-refractivity contribution is -0.135. The van der Waals surface area contributed by atoms with E-state index in [1.54, 1.807) is 31.1 Å². The van der Waals surface area contributed by atoms with E-state index in [0.717, 1.165) is 11.1 Å². The number of carbonyl (C=O) groups is 1. The minimum absolute atomic E-state index is 0.00165. The van der Waals surface area contributed by atoms with Crippen molar-refractivity contribution in [2.75, 3.05) is 40.3 Å². The lowest BCUT2D eigenvalue weighted by Crippen LogP contribution is -2.52. The summed E-state index contributed by atoms with van der Waals surface area (Å²) in [7, 11) is -0.0439. The summed E-state index contributed by atoms with van der Waals surface area (Å²) in [5.74, 6) is 0.358. The van der Waals surface area contributed by atoms with Gasteiger partial charge in [-0.2, -0.15) is 4.31 Å². The maximum atomic E-state index is 13.1. The second-order valence-corrected chi connectivity index (χ2v) is 10.1. The first kappa shape index (κ1) is 22.5. The number of benzene rings is 2. The lowest BCUT2D eigenvalue weighted by Gasteiger charge is -2.39. The molecule has 0 unspecified atom stereocenters. The molecule has 6 nitrogen and oxygen atoms in total. The van der Waals surface area contributed by atoms with Gasteiger partial charge in [0.1, 0.15) is 6.04 Å². The van der Waals surface area contributed by atoms with Crippen LogP contribution in [-0.2, 0) is 14.8 Å². The highest BCUT2D eigenvalue weighted by Gasteiger charge is 2.35. The molecule has 0 N–H and O–H groups in total. The monoisotopic (exact) mass is 429 g/mol. The molecule has 1 aliphatic heterocycles. The van der Waals surface area contributed by atoms with Crippen LogP contribution in [0.1, 0.15) is 36.9 Å². The van der Waals surface area contributed by atoms with Crippen molar-refractivity contribution in [3.63, 3.8) is 0 Å². The third kappa shape index (κ3) is 4.74. The summed E-state index contributed by atoms with van der Waals surface area (Å²) < 4.78 is 27.7. The molecule has 1 atom stereocenters. The summed E-state index contributed by atoms with van der Waals surface area (Å²) in [6.45, 7) is 5.89. The summed E-state index contributed by atoms with van der Waals surface area (Å²) in [4.78, 5) is 16.9. The summed E-state index contributed by atoms with van der Waals surface area (Å²) in [5.41, 5.74) is 2.04. The third-order valence-corrected chi connectivity index (χ3v) is 7.53. The fourth-order valence-electron chi connectivity index (χ4n) is 3.77. The van der Waals surface area contributed by atoms with Crippen molar-refractivity contribution in [2.24, 2.45) is 0 Å². The van der Waals surface area contributed by atoms with Crippen LogP contribution in [0.15, 0.2) is 59.5 Å². The Morgan fingerprint density at radius 3 is 1.93 bits per heavy atom. The molecular formula is C23H31N3O3S. The molecule has 3 rings (SSSR count). The number of carbonyl (C=O) groups excluding carboxylic acids is 1. The number of amides is 1. The molecule has 0 saturated carbocycles. The van der Waals surface area contributed by atoms with Crippen molar-refractivity contribution in [1.29, 1.82) is 0 Å². The number of likely N-dealkylation sites (N-methyl/N-ethyl adjacent to an activating group) is 1. The van der Waals surface area contributed by atoms with Crippen molar-refractivity contribution in [2.45, 2.75) is 30.7 Å². The molecule has 0 aromatic heterocycles. The number of sulfonamides is 1. The standard InChI is InChI=1S/C23H31N3O3S/c1-18(2)19-10-12-21(13-11-19)30(28,29)26-16-14-25(15-17-26)22(23(27)24(3)4)20-8-6-5-7-9-20/h5-13,18,22H,14-17H2,1-4H3/t22-/m1/s1. The average Bonchev–Trinajstić information content (AvgIpc) is 2.75. The average molecular weight is 430 g/mol. The molecule has 0 bridgehead atoms. The molecule has 0 aliphatic carbocycles. The van der Waals surface area contributed by atoms with E-state index in [1.165, 1.54) is 4.31 Å². The van der Waals surface area contributed by atoms with Crippen LogP contribution in [0.5, 0.6) is 0 Å². The molecular weight excluding hydrogens is 398 g/mol. The first-order chi connectivity index (χ1) is 14.2. The minimum Gasteiger partial charge on any atom is -0.347 e. The van der Waals surface area contributed by atoms with Gasteiger partial charge in [0.25, 0.3) is 0 Å². The van der Waals surface area contributed by atoms with Crippen LogP contribution in [0.3, 0.4) is 0 Å². The number of rotatable bonds is 6. The van der Waals surface area contributed by atoms with Crippen molar-refractivity contribution in [3.05, 3.63) is 65.7 Å². The highest BCUT2D eigenvalue weighted by Crippen LogP contribution is 2.26. The van der Waals surface area contributed by atoms with Crippen LogP contribution in [0.2, 0.25) is 0 Å². The second kappa shape index (κ2) is 9.29. The molecule has 0 radical (unpaired) electrons. The van der Waals surface area contributed by atoms with E-state index < -0.39 is 16.1 Å². The number of piperazine rings is 1. The van der Waals surface area contributed by atoms with E-state index in [4.69, 9.17) is 0 Å². The fourth-order valence-corrected chi connectivity index (χ4v) is 5.19. The van der Waals surface area contributed by atoms with Crippen molar-refractivity contribution < 1.29 is 13.2 Å². The zero-order chi connectivity index (χ0) is 21.9. The van der Waals surface area contributed by atoms with Gasteiger partial charge in [-0.3, -0.25) is 9.69 Å². The van der Waals surface area contributed by atoms with Crippen molar-refractivity contribution >= 4 is 15.9 Å². The van der Waals surface area contributed by atoms with Gasteiger partial charge in [0.15, 0.2) is 0 Å². The van der Waals surface area contributed by atoms with Gasteiger partial charge < -0.3 is 4.90 Å². The highest BCUT2D eigenvalue weighted by molar-refractivity contribution is 7.89. The molecule has 1 aliphatic rings. The van der Waals surface area contributed by atoms with Gasteiger partial charge in [0.05, 0.1) is 4.90 Å². The summed E-state index contributed by atoms with van der Waals surface area (Å²) >= 11 is 0. The third-order valence-electron chi connectivity index (χ3n) is 5.61. The number of nitrogens with zero attached hydrogens (tertiary/aromatic N) is 3. The maximum absolute atomic E-state index is 13.1. The zero-order valence-corrected chi connectivity index (χ0v) is 19.0. The van der Waals surface area contributed by atoms with Crippen molar-refractivity contribution in [1.82, 2.24) is 14.1 Å². The first-order valence-electron chi connectivity index (χ1n) is 10.3. The van der Waals surface area contributed by atoms with Gasteiger partial charge in [-0.25, -0.2) is 8.42 Å². The second-order valence-electron chi connectivity index (χ2n) is 8.21. The largest absolute Gasteiger partial charge is 0.347 e. The maximum Gasteiger partial charge on any atom is 0.244 e. The van der Waals surface area contributed by atoms with E-state index in [0.29, 0.717) is 37.0 Å². The van der Waals surface area contributed by atoms with E-state index in [-0.39, 0.29) is 5.91 Å². The minimum atomic E-state index is -3.54. The van der Waals surface area contributed by atoms with E-state index in [2.05, 4.69) is 18.7 Å². The van der Waals surface area contributed by atoms with Crippen molar-refractivity contribution in [3.8, 4) is 0 Å². The Hall–Kier alpha value is -2.22. The summed E-state index contributed by atoms with van der Waals surface area (Å²) in [5, 5.41) is 0. The lowest BCUT2D eigenvalue weighted by atomic mass is 10.0. The molecule has 2 aromatic carbocycles. The number of hydrogen-bond donors (Lipinski definition) is 0. The Balaban J connectivity index is 1.75. The topological polar surface area (TPSA) is 60.9 Å². The Labute approximate surface area is 180 Å². The highest BCUT2D eigenvalue weighted by atomic mass is 32.2. The molecule has 1 heterocycles. The van der Waals surface area contributed by atoms with E-state index in [1.807, 2.05) is 42.5 Å². The van der Waals surface area contributed by atoms with E-state index >= 15 is 0 Å². The van der Waals surface area contributed by atoms with Crippen LogP contribution in [0, 0.1) is 0 Å². The van der Waals surface area contributed by atoms with Gasteiger partial charge in [-0.05, 0) is 29.2 Å². The fraction of sp³-hybridized carbons (Fsp3) is 0.435. The van der Waals surface area contributed by atoms with Gasteiger partial charge in [0, 0.05) is 40.3 Å². The molecule has 1 saturated heterocycles. The van der Waals surface area contributed by atoms with Crippen LogP contribution >= 0.6 is 0 Å². The Morgan fingerprint density at radius 2 is 1.43 bits per heavy atom. The molecule has 2 aromatic rings. The van der Waals surface area contributed by atoms with Gasteiger partial charge in [-0.15, -0.1) is 0 Å². The van der Waals surface area contributed by atoms with Crippen LogP contribution < -0.4 is 0 Å². The summed E-state index contributed by atoms with van der Waals surface area (Å²) in [6, 6.07) is 16.4. The molecule has 7 heteroatoms. The van der Waals surface area contributed by atoms with Crippen LogP contribution in [-0.4, -0.2) is 68.7 Å². The molecule has 30 heavy (non-hydrogen) atoms. The Kier molecular flexibility index (Phi) is 6.95. The van der Waals surface area contributed by atoms with Gasteiger partial charge in [0.2, 0.25) is 15.9 Å². The predicted octanol–water partition coefficient (Wildman–Crippen LogP) is 2.95. The van der Waals surface area contributed by atoms with Gasteiger partial charge in [-0.1, -0.05) is 56.3 Å². The number of hydrogen-bond acceptors (Lipinski definition) is 4. The molecule has 0 spiro atoms. The Bertz CT molecular complexity index is 949. The molecule has 1 fully saturated rings. The summed E-state index contributed by atoms with van der Waals surface area (Å²) in [6.07, 6.45) is 0. The molecule has 162 valence electrons. The van der Waals surface area contributed by atoms with E-state index in [9.17, 15) is 13.2 Å². The van der Waals surface area contributed by atoms with Gasteiger partial charge >= 0.3 is 0 Å². The first-order valence-corrected chi connectivity index (χ1v) is 11.8. The van der Waals surface area contributed by atoms with Crippen LogP contribution in [0.4, 0.5) is 0 Å². The quantitative estimate of drug-likeness (QED) is 0.708. The zero-order valence-electron chi connectivity index (χ0n) is 18.2. The molecule has 1 amide bonds.